The van der Waals surface area contributed by atoms with Crippen LogP contribution in [0.4, 0.5) is 0 Å². The third-order valence-corrected chi connectivity index (χ3v) is 7.52. The number of likely N-dealkylation sites (tertiary alicyclic amines) is 1. The van der Waals surface area contributed by atoms with Crippen LogP contribution in [-0.2, 0) is 27.2 Å². The van der Waals surface area contributed by atoms with Crippen LogP contribution in [0.5, 0.6) is 0 Å². The number of aryl methyl sites for hydroxylation is 2. The molecular weight excluding hydrogens is 390 g/mol. The highest BCUT2D eigenvalue weighted by atomic mass is 32.1. The zero-order chi connectivity index (χ0) is 20.4. The average Bonchev–Trinajstić information content (AvgIpc) is 3.15. The van der Waals surface area contributed by atoms with Crippen LogP contribution < -0.4 is 10.9 Å². The van der Waals surface area contributed by atoms with Gasteiger partial charge in [0.25, 0.3) is 5.91 Å². The van der Waals surface area contributed by atoms with E-state index in [1.807, 2.05) is 6.07 Å². The topological polar surface area (TPSA) is 95.6 Å². The number of amides is 4. The first-order chi connectivity index (χ1) is 14.0. The van der Waals surface area contributed by atoms with Gasteiger partial charge in [-0.25, -0.2) is 0 Å². The highest BCUT2D eigenvalue weighted by Gasteiger charge is 2.47. The Kier molecular flexibility index (Phi) is 5.99. The number of hydrogen-bond donors (Lipinski definition) is 2. The van der Waals surface area contributed by atoms with E-state index in [-0.39, 0.29) is 42.5 Å². The van der Waals surface area contributed by atoms with Crippen LogP contribution >= 0.6 is 11.3 Å². The van der Waals surface area contributed by atoms with Crippen molar-refractivity contribution in [2.45, 2.75) is 64.2 Å². The second-order valence-electron chi connectivity index (χ2n) is 8.20. The maximum absolute atomic E-state index is 12.4. The largest absolute Gasteiger partial charge is 0.282 e. The smallest absolute Gasteiger partial charge is 0.279 e. The molecule has 0 radical (unpaired) electrons. The SMILES string of the molecule is O=C(CCN1C(=O)C2CCCCC2C1=O)NNC(=O)c1cc2c(s1)CCCCC2. The van der Waals surface area contributed by atoms with Crippen molar-refractivity contribution in [1.82, 2.24) is 15.8 Å². The Morgan fingerprint density at radius 2 is 1.66 bits per heavy atom. The molecule has 1 aliphatic heterocycles. The average molecular weight is 418 g/mol. The molecule has 1 saturated carbocycles. The lowest BCUT2D eigenvalue weighted by Gasteiger charge is -2.19. The van der Waals surface area contributed by atoms with Crippen molar-refractivity contribution in [1.29, 1.82) is 0 Å². The van der Waals surface area contributed by atoms with Crippen molar-refractivity contribution in [3.05, 3.63) is 21.4 Å². The molecule has 3 aliphatic rings. The minimum atomic E-state index is -0.410. The molecule has 2 aliphatic carbocycles. The van der Waals surface area contributed by atoms with E-state index >= 15 is 0 Å². The van der Waals surface area contributed by atoms with Crippen LogP contribution in [0.25, 0.3) is 0 Å². The molecule has 4 rings (SSSR count). The summed E-state index contributed by atoms with van der Waals surface area (Å²) in [6, 6.07) is 1.93. The summed E-state index contributed by atoms with van der Waals surface area (Å²) in [6.07, 6.45) is 9.01. The van der Waals surface area contributed by atoms with Crippen molar-refractivity contribution >= 4 is 35.0 Å². The van der Waals surface area contributed by atoms with E-state index in [4.69, 9.17) is 0 Å². The molecule has 7 nitrogen and oxygen atoms in total. The number of nitrogens with one attached hydrogen (secondary N) is 2. The first-order valence-electron chi connectivity index (χ1n) is 10.6. The van der Waals surface area contributed by atoms with Gasteiger partial charge in [0.15, 0.2) is 0 Å². The maximum atomic E-state index is 12.4. The Bertz CT molecular complexity index is 786. The number of fused-ring (bicyclic) bond motifs is 2. The number of rotatable bonds is 4. The fraction of sp³-hybridized carbons (Fsp3) is 0.619. The van der Waals surface area contributed by atoms with Crippen molar-refractivity contribution in [3.8, 4) is 0 Å². The van der Waals surface area contributed by atoms with E-state index in [0.717, 1.165) is 51.4 Å². The number of hydrogen-bond acceptors (Lipinski definition) is 5. The predicted molar refractivity (Wildman–Crippen MR) is 108 cm³/mol. The molecular formula is C21H27N3O4S. The van der Waals surface area contributed by atoms with E-state index in [9.17, 15) is 19.2 Å². The normalized spacial score (nSPS) is 23.9. The van der Waals surface area contributed by atoms with Gasteiger partial charge < -0.3 is 0 Å². The van der Waals surface area contributed by atoms with Crippen LogP contribution in [0.3, 0.4) is 0 Å². The van der Waals surface area contributed by atoms with Crippen LogP contribution in [0, 0.1) is 11.8 Å². The lowest BCUT2D eigenvalue weighted by atomic mass is 9.81. The van der Waals surface area contributed by atoms with Crippen LogP contribution in [0.1, 0.15) is 71.5 Å². The minimum absolute atomic E-state index is 0.0157. The lowest BCUT2D eigenvalue weighted by Crippen LogP contribution is -2.43. The zero-order valence-corrected chi connectivity index (χ0v) is 17.3. The van der Waals surface area contributed by atoms with Gasteiger partial charge in [-0.1, -0.05) is 19.3 Å². The number of thiophene rings is 1. The molecule has 4 amide bonds. The second-order valence-corrected chi connectivity index (χ2v) is 9.33. The fourth-order valence-electron chi connectivity index (χ4n) is 4.69. The molecule has 2 fully saturated rings. The van der Waals surface area contributed by atoms with Crippen LogP contribution in [0.15, 0.2) is 6.07 Å². The Morgan fingerprint density at radius 1 is 0.966 bits per heavy atom. The van der Waals surface area contributed by atoms with Gasteiger partial charge in [0.2, 0.25) is 17.7 Å². The van der Waals surface area contributed by atoms with Gasteiger partial charge in [0, 0.05) is 17.8 Å². The molecule has 0 bridgehead atoms. The summed E-state index contributed by atoms with van der Waals surface area (Å²) in [5.74, 6) is -1.42. The Morgan fingerprint density at radius 3 is 2.38 bits per heavy atom. The lowest BCUT2D eigenvalue weighted by molar-refractivity contribution is -0.140. The second kappa shape index (κ2) is 8.65. The molecule has 2 N–H and O–H groups in total. The summed E-state index contributed by atoms with van der Waals surface area (Å²) < 4.78 is 0. The first-order valence-corrected chi connectivity index (χ1v) is 11.4. The standard InChI is InChI=1S/C21H27N3O4S/c25-18(10-11-24-20(27)14-7-4-5-8-15(14)21(24)28)22-23-19(26)17-12-13-6-2-1-3-9-16(13)29-17/h12,14-15H,1-11H2,(H,22,25)(H,23,26). The van der Waals surface area contributed by atoms with Crippen LogP contribution in [-0.4, -0.2) is 35.1 Å². The number of carbonyl (C=O) groups excluding carboxylic acids is 4. The number of imide groups is 1. The first kappa shape index (κ1) is 20.1. The molecule has 8 heteroatoms. The third kappa shape index (κ3) is 4.22. The van der Waals surface area contributed by atoms with Crippen molar-refractivity contribution in [2.75, 3.05) is 6.54 Å². The van der Waals surface area contributed by atoms with Gasteiger partial charge in [0.05, 0.1) is 16.7 Å². The summed E-state index contributed by atoms with van der Waals surface area (Å²) in [6.45, 7) is 0.0691. The predicted octanol–water partition coefficient (Wildman–Crippen LogP) is 2.34. The molecule has 1 aromatic rings. The van der Waals surface area contributed by atoms with Gasteiger partial charge in [0.1, 0.15) is 0 Å². The zero-order valence-electron chi connectivity index (χ0n) is 16.5. The summed E-state index contributed by atoms with van der Waals surface area (Å²) in [4.78, 5) is 52.5. The maximum Gasteiger partial charge on any atom is 0.279 e. The molecule has 2 unspecified atom stereocenters. The summed E-state index contributed by atoms with van der Waals surface area (Å²) >= 11 is 1.49. The molecule has 1 saturated heterocycles. The molecule has 1 aromatic heterocycles. The van der Waals surface area contributed by atoms with Gasteiger partial charge in [-0.05, 0) is 50.2 Å². The van der Waals surface area contributed by atoms with Gasteiger partial charge in [-0.2, -0.15) is 0 Å². The molecule has 156 valence electrons. The molecule has 29 heavy (non-hydrogen) atoms. The number of carbonyl (C=O) groups is 4. The van der Waals surface area contributed by atoms with Crippen molar-refractivity contribution in [3.63, 3.8) is 0 Å². The van der Waals surface area contributed by atoms with E-state index in [0.29, 0.717) is 4.88 Å². The molecule has 2 atom stereocenters. The Labute approximate surface area is 174 Å². The Balaban J connectivity index is 1.25. The van der Waals surface area contributed by atoms with E-state index in [1.54, 1.807) is 0 Å². The van der Waals surface area contributed by atoms with Crippen molar-refractivity contribution in [2.24, 2.45) is 11.8 Å². The van der Waals surface area contributed by atoms with E-state index in [1.165, 1.54) is 33.1 Å². The number of hydrazine groups is 1. The molecule has 0 aromatic carbocycles. The van der Waals surface area contributed by atoms with Gasteiger partial charge in [-0.15, -0.1) is 11.3 Å². The fourth-order valence-corrected chi connectivity index (χ4v) is 5.84. The monoisotopic (exact) mass is 417 g/mol. The minimum Gasteiger partial charge on any atom is -0.282 e. The highest BCUT2D eigenvalue weighted by Crippen LogP contribution is 2.38. The van der Waals surface area contributed by atoms with Crippen LogP contribution in [0.2, 0.25) is 0 Å². The quantitative estimate of drug-likeness (QED) is 0.447. The molecule has 2 heterocycles. The van der Waals surface area contributed by atoms with Gasteiger partial charge in [-0.3, -0.25) is 34.9 Å². The number of nitrogens with zero attached hydrogens (tertiary/aromatic N) is 1. The summed E-state index contributed by atoms with van der Waals surface area (Å²) in [5, 5.41) is 0. The third-order valence-electron chi connectivity index (χ3n) is 6.28. The van der Waals surface area contributed by atoms with Crippen molar-refractivity contribution < 1.29 is 19.2 Å². The summed E-state index contributed by atoms with van der Waals surface area (Å²) in [5.41, 5.74) is 6.11. The molecule has 0 spiro atoms. The van der Waals surface area contributed by atoms with Gasteiger partial charge >= 0.3 is 0 Å². The van der Waals surface area contributed by atoms with E-state index < -0.39 is 5.91 Å². The Hall–Kier alpha value is -2.22. The highest BCUT2D eigenvalue weighted by molar-refractivity contribution is 7.14. The van der Waals surface area contributed by atoms with E-state index in [2.05, 4.69) is 10.9 Å². The summed E-state index contributed by atoms with van der Waals surface area (Å²) in [7, 11) is 0.